The third kappa shape index (κ3) is 3.89. The van der Waals surface area contributed by atoms with Crippen molar-refractivity contribution in [2.24, 2.45) is 39.7 Å². The maximum Gasteiger partial charge on any atom is 0.0832 e. The lowest BCUT2D eigenvalue weighted by Crippen LogP contribution is -2.51. The zero-order chi connectivity index (χ0) is 23.4. The maximum atomic E-state index is 10.2. The molecule has 0 unspecified atom stereocenters. The first-order valence-electron chi connectivity index (χ1n) is 12.5. The SMILES string of the molecule is C[C@]12CC[C@H]3[C@@H](CC=C4C[C@@H](O)CC[C@@]43C)[C@@H]1CC[C@@H]2C(/C=C/c1ccc(Cl)c(Cl)c1)=N/O. The topological polar surface area (TPSA) is 52.8 Å². The van der Waals surface area contributed by atoms with Crippen LogP contribution >= 0.6 is 23.2 Å². The zero-order valence-electron chi connectivity index (χ0n) is 19.6. The molecule has 0 heterocycles. The lowest BCUT2D eigenvalue weighted by molar-refractivity contribution is -0.0424. The van der Waals surface area contributed by atoms with Crippen LogP contribution in [0, 0.1) is 34.5 Å². The van der Waals surface area contributed by atoms with Crippen LogP contribution in [-0.4, -0.2) is 22.1 Å². The number of fused-ring (bicyclic) bond motifs is 5. The van der Waals surface area contributed by atoms with Gasteiger partial charge in [0.05, 0.1) is 21.9 Å². The molecule has 5 rings (SSSR count). The lowest BCUT2D eigenvalue weighted by Gasteiger charge is -2.58. The van der Waals surface area contributed by atoms with Crippen LogP contribution < -0.4 is 0 Å². The fourth-order valence-corrected chi connectivity index (χ4v) is 8.45. The molecule has 7 atom stereocenters. The van der Waals surface area contributed by atoms with Crippen molar-refractivity contribution in [3.8, 4) is 0 Å². The quantitative estimate of drug-likeness (QED) is 0.198. The number of hydrogen-bond acceptors (Lipinski definition) is 3. The van der Waals surface area contributed by atoms with Crippen LogP contribution in [0.5, 0.6) is 0 Å². The number of allylic oxidation sites excluding steroid dienone is 2. The second kappa shape index (κ2) is 8.73. The zero-order valence-corrected chi connectivity index (χ0v) is 21.1. The van der Waals surface area contributed by atoms with Gasteiger partial charge in [0, 0.05) is 5.92 Å². The first-order valence-corrected chi connectivity index (χ1v) is 13.2. The summed E-state index contributed by atoms with van der Waals surface area (Å²) >= 11 is 12.2. The second-order valence-corrected chi connectivity index (χ2v) is 12.2. The molecule has 0 radical (unpaired) electrons. The Hall–Kier alpha value is -1.29. The first-order chi connectivity index (χ1) is 15.8. The molecule has 0 spiro atoms. The highest BCUT2D eigenvalue weighted by Crippen LogP contribution is 2.66. The van der Waals surface area contributed by atoms with E-state index in [-0.39, 0.29) is 22.9 Å². The highest BCUT2D eigenvalue weighted by molar-refractivity contribution is 6.42. The van der Waals surface area contributed by atoms with Crippen LogP contribution in [-0.2, 0) is 0 Å². The van der Waals surface area contributed by atoms with Crippen molar-refractivity contribution in [1.29, 1.82) is 0 Å². The van der Waals surface area contributed by atoms with Crippen LogP contribution in [0.15, 0.2) is 41.1 Å². The predicted octanol–water partition coefficient (Wildman–Crippen LogP) is 7.78. The summed E-state index contributed by atoms with van der Waals surface area (Å²) in [5, 5.41) is 25.1. The number of aliphatic hydroxyl groups excluding tert-OH is 1. The van der Waals surface area contributed by atoms with Gasteiger partial charge < -0.3 is 10.3 Å². The minimum atomic E-state index is -0.156. The van der Waals surface area contributed by atoms with Crippen molar-refractivity contribution in [3.63, 3.8) is 0 Å². The summed E-state index contributed by atoms with van der Waals surface area (Å²) in [6.45, 7) is 4.91. The van der Waals surface area contributed by atoms with Gasteiger partial charge in [0.2, 0.25) is 0 Å². The Morgan fingerprint density at radius 2 is 1.88 bits per heavy atom. The van der Waals surface area contributed by atoms with E-state index in [0.717, 1.165) is 43.4 Å². The van der Waals surface area contributed by atoms with E-state index < -0.39 is 0 Å². The first kappa shape index (κ1) is 23.5. The minimum Gasteiger partial charge on any atom is -0.411 e. The van der Waals surface area contributed by atoms with E-state index in [1.54, 1.807) is 6.07 Å². The monoisotopic (exact) mass is 487 g/mol. The van der Waals surface area contributed by atoms with Crippen molar-refractivity contribution in [1.82, 2.24) is 0 Å². The summed E-state index contributed by atoms with van der Waals surface area (Å²) in [5.41, 5.74) is 3.65. The molecule has 0 amide bonds. The minimum absolute atomic E-state index is 0.153. The molecule has 0 aliphatic heterocycles. The van der Waals surface area contributed by atoms with E-state index in [4.69, 9.17) is 23.2 Å². The molecule has 3 saturated carbocycles. The summed E-state index contributed by atoms with van der Waals surface area (Å²) in [7, 11) is 0. The standard InChI is InChI=1S/C28H35Cl2NO2/c1-27-13-11-19(32)16-18(27)5-6-20-21-7-8-23(28(21,2)14-12-22(20)27)26(31-33)10-4-17-3-9-24(29)25(30)15-17/h3-5,9-10,15,19-23,32-33H,6-8,11-14,16H2,1-2H3/b10-4+,31-26+/t19-,20-,21-,22-,23+,27-,28-/m0/s1. The molecule has 4 aliphatic rings. The van der Waals surface area contributed by atoms with E-state index in [0.29, 0.717) is 27.8 Å². The van der Waals surface area contributed by atoms with Crippen molar-refractivity contribution < 1.29 is 10.3 Å². The van der Waals surface area contributed by atoms with Crippen LogP contribution in [0.3, 0.4) is 0 Å². The third-order valence-corrected chi connectivity index (χ3v) is 10.7. The Morgan fingerprint density at radius 1 is 1.06 bits per heavy atom. The molecule has 1 aromatic rings. The molecule has 4 aliphatic carbocycles. The molecular weight excluding hydrogens is 453 g/mol. The van der Waals surface area contributed by atoms with Crippen LogP contribution in [0.4, 0.5) is 0 Å². The Labute approximate surface area is 207 Å². The van der Waals surface area contributed by atoms with Gasteiger partial charge in [-0.1, -0.05) is 66.0 Å². The second-order valence-electron chi connectivity index (χ2n) is 11.4. The number of halogens is 2. The van der Waals surface area contributed by atoms with Crippen LogP contribution in [0.2, 0.25) is 10.0 Å². The van der Waals surface area contributed by atoms with Crippen LogP contribution in [0.25, 0.3) is 6.08 Å². The number of benzene rings is 1. The van der Waals surface area contributed by atoms with E-state index >= 15 is 0 Å². The van der Waals surface area contributed by atoms with Gasteiger partial charge in [0.15, 0.2) is 0 Å². The molecule has 1 aromatic carbocycles. The van der Waals surface area contributed by atoms with Crippen molar-refractivity contribution >= 4 is 35.0 Å². The number of nitrogens with zero attached hydrogens (tertiary/aromatic N) is 1. The van der Waals surface area contributed by atoms with E-state index in [2.05, 4.69) is 25.1 Å². The normalized spacial score (nSPS) is 40.8. The third-order valence-electron chi connectivity index (χ3n) is 9.94. The number of rotatable bonds is 3. The fraction of sp³-hybridized carbons (Fsp3) is 0.607. The average molecular weight is 488 g/mol. The van der Waals surface area contributed by atoms with Crippen LogP contribution in [0.1, 0.15) is 70.8 Å². The van der Waals surface area contributed by atoms with E-state index in [1.807, 2.05) is 24.3 Å². The van der Waals surface area contributed by atoms with Gasteiger partial charge in [-0.25, -0.2) is 0 Å². The molecular formula is C28H35Cl2NO2. The summed E-state index contributed by atoms with van der Waals surface area (Å²) in [6.07, 6.45) is 15.0. The smallest absolute Gasteiger partial charge is 0.0832 e. The van der Waals surface area contributed by atoms with Gasteiger partial charge in [-0.05, 0) is 104 Å². The van der Waals surface area contributed by atoms with Gasteiger partial charge in [0.1, 0.15) is 0 Å². The number of oxime groups is 1. The average Bonchev–Trinajstić information content (AvgIpc) is 3.14. The Morgan fingerprint density at radius 3 is 2.64 bits per heavy atom. The fourth-order valence-electron chi connectivity index (χ4n) is 8.14. The van der Waals surface area contributed by atoms with Crippen molar-refractivity contribution in [3.05, 3.63) is 51.5 Å². The van der Waals surface area contributed by atoms with Gasteiger partial charge >= 0.3 is 0 Å². The molecule has 0 aromatic heterocycles. The largest absolute Gasteiger partial charge is 0.411 e. The van der Waals surface area contributed by atoms with Crippen molar-refractivity contribution in [2.75, 3.05) is 0 Å². The molecule has 2 N–H and O–H groups in total. The molecule has 5 heteroatoms. The summed E-state index contributed by atoms with van der Waals surface area (Å²) < 4.78 is 0. The Kier molecular flexibility index (Phi) is 6.21. The highest BCUT2D eigenvalue weighted by atomic mass is 35.5. The van der Waals surface area contributed by atoms with Gasteiger partial charge in [-0.2, -0.15) is 0 Å². The van der Waals surface area contributed by atoms with Gasteiger partial charge in [-0.3, -0.25) is 0 Å². The molecule has 3 fully saturated rings. The summed E-state index contributed by atoms with van der Waals surface area (Å²) in [5.74, 6) is 2.32. The van der Waals surface area contributed by atoms with E-state index in [1.165, 1.54) is 24.8 Å². The van der Waals surface area contributed by atoms with E-state index in [9.17, 15) is 10.3 Å². The number of aliphatic hydroxyl groups is 1. The molecule has 0 saturated heterocycles. The lowest BCUT2D eigenvalue weighted by atomic mass is 9.47. The van der Waals surface area contributed by atoms with Gasteiger partial charge in [0.25, 0.3) is 0 Å². The Balaban J connectivity index is 1.38. The van der Waals surface area contributed by atoms with Crippen molar-refractivity contribution in [2.45, 2.75) is 71.3 Å². The summed E-state index contributed by atoms with van der Waals surface area (Å²) in [6, 6.07) is 5.56. The predicted molar refractivity (Wildman–Crippen MR) is 136 cm³/mol. The number of hydrogen-bond donors (Lipinski definition) is 2. The molecule has 33 heavy (non-hydrogen) atoms. The molecule has 3 nitrogen and oxygen atoms in total. The van der Waals surface area contributed by atoms with Gasteiger partial charge in [-0.15, -0.1) is 0 Å². The molecule has 0 bridgehead atoms. The molecule has 178 valence electrons. The Bertz CT molecular complexity index is 1020. The summed E-state index contributed by atoms with van der Waals surface area (Å²) in [4.78, 5) is 0. The maximum absolute atomic E-state index is 10.2. The highest BCUT2D eigenvalue weighted by Gasteiger charge is 2.59.